The second kappa shape index (κ2) is 9.27. The Bertz CT molecular complexity index is 965. The van der Waals surface area contributed by atoms with E-state index in [1.807, 2.05) is 11.8 Å². The highest BCUT2D eigenvalue weighted by Crippen LogP contribution is 2.42. The van der Waals surface area contributed by atoms with Crippen LogP contribution in [0.1, 0.15) is 32.6 Å². The minimum Gasteiger partial charge on any atom is -0.386 e. The van der Waals surface area contributed by atoms with Crippen LogP contribution in [0, 0.1) is 11.8 Å². The van der Waals surface area contributed by atoms with Gasteiger partial charge in [-0.1, -0.05) is 35.7 Å². The summed E-state index contributed by atoms with van der Waals surface area (Å²) in [5.41, 5.74) is -0.482. The van der Waals surface area contributed by atoms with E-state index in [0.717, 1.165) is 24.8 Å². The fraction of sp³-hybridized carbons (Fsp3) is 0.476. The lowest BCUT2D eigenvalue weighted by Gasteiger charge is -2.37. The lowest BCUT2D eigenvalue weighted by atomic mass is 9.88. The van der Waals surface area contributed by atoms with E-state index < -0.39 is 17.4 Å². The maximum absolute atomic E-state index is 15.1. The van der Waals surface area contributed by atoms with Crippen molar-refractivity contribution in [2.24, 2.45) is 0 Å². The fourth-order valence-corrected chi connectivity index (χ4v) is 5.21. The number of aliphatic hydroxyl groups is 1. The number of anilines is 2. The standard InChI is InChI=1S/C21H24Cl2F2N4OS/c1-12(26-13-4-2-5-13)21(30)8-9-29(11-21)15-10-14(22)20(19(25)18(15)23)31-28-17-7-3-6-16(24)27-17/h3,6-7,10,12-13,26,30H,2,4-5,8-9,11H2,1H3,(H,27,28). The topological polar surface area (TPSA) is 60.4 Å². The Morgan fingerprint density at radius 3 is 2.77 bits per heavy atom. The molecule has 1 aromatic heterocycles. The molecule has 0 amide bonds. The molecular formula is C21H24Cl2F2N4OS. The minimum atomic E-state index is -0.931. The van der Waals surface area contributed by atoms with E-state index in [9.17, 15) is 9.50 Å². The summed E-state index contributed by atoms with van der Waals surface area (Å²) >= 11 is 13.6. The number of hydrogen-bond acceptors (Lipinski definition) is 6. The van der Waals surface area contributed by atoms with Gasteiger partial charge >= 0.3 is 0 Å². The predicted molar refractivity (Wildman–Crippen MR) is 122 cm³/mol. The third kappa shape index (κ3) is 4.88. The monoisotopic (exact) mass is 488 g/mol. The van der Waals surface area contributed by atoms with Crippen LogP contribution in [0.4, 0.5) is 20.3 Å². The van der Waals surface area contributed by atoms with E-state index in [1.54, 1.807) is 12.1 Å². The molecule has 1 aliphatic heterocycles. The number of nitrogens with one attached hydrogen (secondary N) is 2. The van der Waals surface area contributed by atoms with Crippen molar-refractivity contribution in [2.45, 2.75) is 55.2 Å². The zero-order chi connectivity index (χ0) is 22.2. The number of aromatic nitrogens is 1. The van der Waals surface area contributed by atoms with Crippen LogP contribution >= 0.6 is 35.1 Å². The molecule has 2 atom stereocenters. The maximum atomic E-state index is 15.1. The van der Waals surface area contributed by atoms with Crippen LogP contribution in [-0.4, -0.2) is 40.9 Å². The van der Waals surface area contributed by atoms with E-state index >= 15 is 4.39 Å². The first-order chi connectivity index (χ1) is 14.8. The quantitative estimate of drug-likeness (QED) is 0.280. The van der Waals surface area contributed by atoms with Gasteiger partial charge in [0.1, 0.15) is 10.8 Å². The number of pyridine rings is 1. The lowest BCUT2D eigenvalue weighted by molar-refractivity contribution is 0.0203. The normalized spacial score (nSPS) is 22.5. The van der Waals surface area contributed by atoms with Gasteiger partial charge in [-0.25, -0.2) is 9.37 Å². The molecule has 1 saturated carbocycles. The highest BCUT2D eigenvalue weighted by Gasteiger charge is 2.42. The molecule has 31 heavy (non-hydrogen) atoms. The third-order valence-corrected chi connectivity index (χ3v) is 7.77. The first kappa shape index (κ1) is 22.9. The third-order valence-electron chi connectivity index (χ3n) is 6.09. The summed E-state index contributed by atoms with van der Waals surface area (Å²) in [6, 6.07) is 6.25. The molecular weight excluding hydrogens is 465 g/mol. The van der Waals surface area contributed by atoms with Gasteiger partial charge in [-0.15, -0.1) is 0 Å². The van der Waals surface area contributed by atoms with Gasteiger partial charge in [0.15, 0.2) is 5.82 Å². The van der Waals surface area contributed by atoms with Crippen LogP contribution in [0.15, 0.2) is 29.2 Å². The molecule has 2 heterocycles. The van der Waals surface area contributed by atoms with Crippen LogP contribution in [0.5, 0.6) is 0 Å². The fourth-order valence-electron chi connectivity index (χ4n) is 3.92. The number of hydrogen-bond donors (Lipinski definition) is 3. The molecule has 0 spiro atoms. The van der Waals surface area contributed by atoms with Crippen LogP contribution in [0.25, 0.3) is 0 Å². The van der Waals surface area contributed by atoms with Gasteiger partial charge in [0, 0.05) is 25.2 Å². The van der Waals surface area contributed by atoms with Crippen molar-refractivity contribution in [3.05, 3.63) is 46.1 Å². The summed E-state index contributed by atoms with van der Waals surface area (Å²) in [4.78, 5) is 5.64. The molecule has 1 aliphatic carbocycles. The highest BCUT2D eigenvalue weighted by molar-refractivity contribution is 8.00. The van der Waals surface area contributed by atoms with Crippen LogP contribution in [-0.2, 0) is 0 Å². The Labute approximate surface area is 194 Å². The largest absolute Gasteiger partial charge is 0.386 e. The van der Waals surface area contributed by atoms with Gasteiger partial charge in [-0.2, -0.15) is 4.39 Å². The smallest absolute Gasteiger partial charge is 0.214 e. The zero-order valence-electron chi connectivity index (χ0n) is 17.0. The Kier molecular flexibility index (Phi) is 6.84. The molecule has 1 saturated heterocycles. The van der Waals surface area contributed by atoms with Crippen LogP contribution in [0.3, 0.4) is 0 Å². The SMILES string of the molecule is CC(NC1CCC1)C1(O)CCN(c2cc(Cl)c(SNc3cccc(F)n3)c(F)c2Cl)C1. The van der Waals surface area contributed by atoms with Gasteiger partial charge in [0.05, 0.1) is 21.2 Å². The summed E-state index contributed by atoms with van der Waals surface area (Å²) < 4.78 is 31.1. The Morgan fingerprint density at radius 1 is 1.32 bits per heavy atom. The summed E-state index contributed by atoms with van der Waals surface area (Å²) in [5, 5.41) is 14.8. The van der Waals surface area contributed by atoms with E-state index in [4.69, 9.17) is 23.2 Å². The van der Waals surface area contributed by atoms with E-state index in [2.05, 4.69) is 15.0 Å². The minimum absolute atomic E-state index is 0.0650. The number of halogens is 4. The average molecular weight is 489 g/mol. The second-order valence-electron chi connectivity index (χ2n) is 8.18. The molecule has 10 heteroatoms. The van der Waals surface area contributed by atoms with Gasteiger partial charge in [-0.3, -0.25) is 0 Å². The first-order valence-electron chi connectivity index (χ1n) is 10.2. The zero-order valence-corrected chi connectivity index (χ0v) is 19.3. The van der Waals surface area contributed by atoms with Crippen molar-refractivity contribution in [3.8, 4) is 0 Å². The second-order valence-corrected chi connectivity index (χ2v) is 9.78. The van der Waals surface area contributed by atoms with Gasteiger partial charge in [0.2, 0.25) is 5.95 Å². The van der Waals surface area contributed by atoms with Crippen molar-refractivity contribution < 1.29 is 13.9 Å². The molecule has 0 bridgehead atoms. The Hall–Kier alpha value is -1.32. The summed E-state index contributed by atoms with van der Waals surface area (Å²) in [7, 11) is 0. The van der Waals surface area contributed by atoms with Crippen molar-refractivity contribution >= 4 is 46.7 Å². The maximum Gasteiger partial charge on any atom is 0.214 e. The van der Waals surface area contributed by atoms with E-state index in [1.165, 1.54) is 18.6 Å². The first-order valence-corrected chi connectivity index (χ1v) is 11.8. The van der Waals surface area contributed by atoms with Crippen LogP contribution < -0.4 is 14.9 Å². The number of nitrogens with zero attached hydrogens (tertiary/aromatic N) is 2. The Balaban J connectivity index is 1.48. The molecule has 2 unspecified atom stereocenters. The molecule has 1 aromatic carbocycles. The predicted octanol–water partition coefficient (Wildman–Crippen LogP) is 5.26. The van der Waals surface area contributed by atoms with E-state index in [0.29, 0.717) is 31.2 Å². The Morgan fingerprint density at radius 2 is 2.10 bits per heavy atom. The molecule has 4 rings (SSSR count). The lowest BCUT2D eigenvalue weighted by Crippen LogP contribution is -2.55. The van der Waals surface area contributed by atoms with Gasteiger partial charge in [-0.05, 0) is 56.3 Å². The molecule has 2 fully saturated rings. The van der Waals surface area contributed by atoms with Gasteiger partial charge < -0.3 is 20.0 Å². The molecule has 2 aromatic rings. The molecule has 5 nitrogen and oxygen atoms in total. The number of benzene rings is 1. The van der Waals surface area contributed by atoms with Crippen LogP contribution in [0.2, 0.25) is 10.0 Å². The summed E-state index contributed by atoms with van der Waals surface area (Å²) in [5.74, 6) is -1.08. The van der Waals surface area contributed by atoms with Crippen molar-refractivity contribution in [3.63, 3.8) is 0 Å². The van der Waals surface area contributed by atoms with Gasteiger partial charge in [0.25, 0.3) is 0 Å². The molecule has 0 radical (unpaired) electrons. The highest BCUT2D eigenvalue weighted by atomic mass is 35.5. The number of rotatable bonds is 7. The summed E-state index contributed by atoms with van der Waals surface area (Å²) in [6.07, 6.45) is 4.04. The molecule has 2 aliphatic rings. The van der Waals surface area contributed by atoms with E-state index in [-0.39, 0.29) is 26.8 Å². The number of β-amino-alcohol motifs (C(OH)–C–C–N with tert-alkyl or cyclic N) is 1. The average Bonchev–Trinajstić information content (AvgIpc) is 3.10. The summed E-state index contributed by atoms with van der Waals surface area (Å²) in [6.45, 7) is 2.87. The molecule has 168 valence electrons. The van der Waals surface area contributed by atoms with Crippen molar-refractivity contribution in [1.82, 2.24) is 10.3 Å². The van der Waals surface area contributed by atoms with Crippen molar-refractivity contribution in [1.29, 1.82) is 0 Å². The van der Waals surface area contributed by atoms with Crippen molar-refractivity contribution in [2.75, 3.05) is 22.7 Å². The molecule has 3 N–H and O–H groups in total.